The SMILES string of the molecule is CC(C)(C)c1ccccc1NC(=O)CCc1ccc(F)cc1. The molecule has 2 rings (SSSR count). The molecule has 116 valence electrons. The van der Waals surface area contributed by atoms with Crippen LogP contribution in [-0.4, -0.2) is 5.91 Å². The predicted molar refractivity (Wildman–Crippen MR) is 88.5 cm³/mol. The molecule has 0 saturated carbocycles. The van der Waals surface area contributed by atoms with E-state index in [9.17, 15) is 9.18 Å². The Morgan fingerprint density at radius 3 is 2.32 bits per heavy atom. The summed E-state index contributed by atoms with van der Waals surface area (Å²) in [5.41, 5.74) is 2.91. The molecule has 1 N–H and O–H groups in total. The van der Waals surface area contributed by atoms with E-state index in [1.807, 2.05) is 24.3 Å². The van der Waals surface area contributed by atoms with Gasteiger partial charge in [-0.15, -0.1) is 0 Å². The third kappa shape index (κ3) is 4.42. The van der Waals surface area contributed by atoms with Gasteiger partial charge in [0.2, 0.25) is 5.91 Å². The molecule has 2 nitrogen and oxygen atoms in total. The first-order valence-electron chi connectivity index (χ1n) is 7.50. The van der Waals surface area contributed by atoms with E-state index in [0.29, 0.717) is 12.8 Å². The smallest absolute Gasteiger partial charge is 0.224 e. The van der Waals surface area contributed by atoms with Gasteiger partial charge in [0.15, 0.2) is 0 Å². The zero-order valence-corrected chi connectivity index (χ0v) is 13.3. The minimum absolute atomic E-state index is 0.0268. The maximum absolute atomic E-state index is 12.8. The van der Waals surface area contributed by atoms with Crippen molar-refractivity contribution in [1.82, 2.24) is 0 Å². The van der Waals surface area contributed by atoms with E-state index in [1.165, 1.54) is 12.1 Å². The minimum atomic E-state index is -0.257. The van der Waals surface area contributed by atoms with E-state index >= 15 is 0 Å². The van der Waals surface area contributed by atoms with Crippen LogP contribution in [0.25, 0.3) is 0 Å². The number of rotatable bonds is 4. The van der Waals surface area contributed by atoms with Crippen molar-refractivity contribution in [2.24, 2.45) is 0 Å². The Kier molecular flexibility index (Phi) is 4.96. The van der Waals surface area contributed by atoms with E-state index < -0.39 is 0 Å². The molecule has 0 unspecified atom stereocenters. The molecule has 0 aliphatic carbocycles. The summed E-state index contributed by atoms with van der Waals surface area (Å²) in [5.74, 6) is -0.284. The van der Waals surface area contributed by atoms with Crippen LogP contribution in [-0.2, 0) is 16.6 Å². The summed E-state index contributed by atoms with van der Waals surface area (Å²) >= 11 is 0. The largest absolute Gasteiger partial charge is 0.326 e. The van der Waals surface area contributed by atoms with Crippen molar-refractivity contribution in [2.75, 3.05) is 5.32 Å². The summed E-state index contributed by atoms with van der Waals surface area (Å²) in [7, 11) is 0. The van der Waals surface area contributed by atoms with Crippen molar-refractivity contribution in [3.63, 3.8) is 0 Å². The number of halogens is 1. The molecule has 0 atom stereocenters. The van der Waals surface area contributed by atoms with Crippen LogP contribution in [0, 0.1) is 5.82 Å². The highest BCUT2D eigenvalue weighted by Crippen LogP contribution is 2.29. The van der Waals surface area contributed by atoms with Crippen molar-refractivity contribution in [3.05, 3.63) is 65.5 Å². The summed E-state index contributed by atoms with van der Waals surface area (Å²) in [4.78, 5) is 12.1. The molecule has 0 radical (unpaired) electrons. The zero-order valence-electron chi connectivity index (χ0n) is 13.3. The van der Waals surface area contributed by atoms with Crippen LogP contribution in [0.3, 0.4) is 0 Å². The van der Waals surface area contributed by atoms with Gasteiger partial charge in [0.25, 0.3) is 0 Å². The first kappa shape index (κ1) is 16.2. The molecule has 0 fully saturated rings. The first-order valence-corrected chi connectivity index (χ1v) is 7.50. The van der Waals surface area contributed by atoms with Crippen molar-refractivity contribution in [3.8, 4) is 0 Å². The molecule has 0 heterocycles. The van der Waals surface area contributed by atoms with E-state index in [4.69, 9.17) is 0 Å². The molecule has 1 amide bonds. The molecule has 0 aliphatic rings. The lowest BCUT2D eigenvalue weighted by Crippen LogP contribution is -2.18. The summed E-state index contributed by atoms with van der Waals surface area (Å²) in [6.07, 6.45) is 0.980. The van der Waals surface area contributed by atoms with Gasteiger partial charge in [-0.25, -0.2) is 4.39 Å². The molecule has 0 bridgehead atoms. The molecular weight excluding hydrogens is 277 g/mol. The van der Waals surface area contributed by atoms with Gasteiger partial charge >= 0.3 is 0 Å². The average Bonchev–Trinajstić information content (AvgIpc) is 2.46. The van der Waals surface area contributed by atoms with Crippen LogP contribution in [0.1, 0.15) is 38.3 Å². The van der Waals surface area contributed by atoms with Gasteiger partial charge in [-0.05, 0) is 41.2 Å². The third-order valence-electron chi connectivity index (χ3n) is 3.56. The Morgan fingerprint density at radius 2 is 1.68 bits per heavy atom. The van der Waals surface area contributed by atoms with Gasteiger partial charge in [0.1, 0.15) is 5.82 Å². The number of anilines is 1. The van der Waals surface area contributed by atoms with Gasteiger partial charge in [-0.1, -0.05) is 51.1 Å². The van der Waals surface area contributed by atoms with Crippen molar-refractivity contribution in [2.45, 2.75) is 39.0 Å². The number of carbonyl (C=O) groups excluding carboxylic acids is 1. The van der Waals surface area contributed by atoms with Crippen LogP contribution in [0.15, 0.2) is 48.5 Å². The highest BCUT2D eigenvalue weighted by molar-refractivity contribution is 5.91. The number of amides is 1. The number of nitrogens with one attached hydrogen (secondary N) is 1. The molecule has 0 saturated heterocycles. The van der Waals surface area contributed by atoms with Crippen LogP contribution in [0.4, 0.5) is 10.1 Å². The number of hydrogen-bond acceptors (Lipinski definition) is 1. The first-order chi connectivity index (χ1) is 10.4. The molecule has 3 heteroatoms. The normalized spacial score (nSPS) is 11.3. The number of aryl methyl sites for hydroxylation is 1. The zero-order chi connectivity index (χ0) is 16.2. The van der Waals surface area contributed by atoms with Crippen molar-refractivity contribution >= 4 is 11.6 Å². The Bertz CT molecular complexity index is 641. The van der Waals surface area contributed by atoms with Gasteiger partial charge in [0, 0.05) is 12.1 Å². The fraction of sp³-hybridized carbons (Fsp3) is 0.316. The Morgan fingerprint density at radius 1 is 1.05 bits per heavy atom. The van der Waals surface area contributed by atoms with E-state index in [0.717, 1.165) is 16.8 Å². The van der Waals surface area contributed by atoms with Gasteiger partial charge < -0.3 is 5.32 Å². The fourth-order valence-corrected chi connectivity index (χ4v) is 2.37. The maximum atomic E-state index is 12.8. The van der Waals surface area contributed by atoms with Crippen LogP contribution in [0.2, 0.25) is 0 Å². The molecule has 0 aromatic heterocycles. The van der Waals surface area contributed by atoms with Crippen LogP contribution < -0.4 is 5.32 Å². The highest BCUT2D eigenvalue weighted by atomic mass is 19.1. The lowest BCUT2D eigenvalue weighted by atomic mass is 9.86. The lowest BCUT2D eigenvalue weighted by molar-refractivity contribution is -0.116. The second-order valence-corrected chi connectivity index (χ2v) is 6.47. The average molecular weight is 299 g/mol. The minimum Gasteiger partial charge on any atom is -0.326 e. The fourth-order valence-electron chi connectivity index (χ4n) is 2.37. The van der Waals surface area contributed by atoms with E-state index in [1.54, 1.807) is 12.1 Å². The molecule has 0 aliphatic heterocycles. The van der Waals surface area contributed by atoms with E-state index in [-0.39, 0.29) is 17.1 Å². The second-order valence-electron chi connectivity index (χ2n) is 6.47. The monoisotopic (exact) mass is 299 g/mol. The molecular formula is C19H22FNO. The molecule has 22 heavy (non-hydrogen) atoms. The third-order valence-corrected chi connectivity index (χ3v) is 3.56. The summed E-state index contributed by atoms with van der Waals surface area (Å²) in [5, 5.41) is 2.99. The molecule has 2 aromatic rings. The Labute approximate surface area is 131 Å². The Hall–Kier alpha value is -2.16. The van der Waals surface area contributed by atoms with Crippen molar-refractivity contribution in [1.29, 1.82) is 0 Å². The summed E-state index contributed by atoms with van der Waals surface area (Å²) < 4.78 is 12.8. The van der Waals surface area contributed by atoms with Crippen LogP contribution >= 0.6 is 0 Å². The predicted octanol–water partition coefficient (Wildman–Crippen LogP) is 4.69. The molecule has 2 aromatic carbocycles. The number of benzene rings is 2. The van der Waals surface area contributed by atoms with Gasteiger partial charge in [-0.2, -0.15) is 0 Å². The number of carbonyl (C=O) groups is 1. The Balaban J connectivity index is 1.99. The lowest BCUT2D eigenvalue weighted by Gasteiger charge is -2.23. The summed E-state index contributed by atoms with van der Waals surface area (Å²) in [6, 6.07) is 14.1. The second kappa shape index (κ2) is 6.73. The van der Waals surface area contributed by atoms with Crippen molar-refractivity contribution < 1.29 is 9.18 Å². The van der Waals surface area contributed by atoms with Crippen LogP contribution in [0.5, 0.6) is 0 Å². The topological polar surface area (TPSA) is 29.1 Å². The summed E-state index contributed by atoms with van der Waals surface area (Å²) in [6.45, 7) is 6.36. The maximum Gasteiger partial charge on any atom is 0.224 e. The number of para-hydroxylation sites is 1. The highest BCUT2D eigenvalue weighted by Gasteiger charge is 2.18. The number of hydrogen-bond donors (Lipinski definition) is 1. The standard InChI is InChI=1S/C19H22FNO/c1-19(2,3)16-6-4-5-7-17(16)21-18(22)13-10-14-8-11-15(20)12-9-14/h4-9,11-12H,10,13H2,1-3H3,(H,21,22). The molecule has 0 spiro atoms. The van der Waals surface area contributed by atoms with Gasteiger partial charge in [-0.3, -0.25) is 4.79 Å². The quantitative estimate of drug-likeness (QED) is 0.871. The van der Waals surface area contributed by atoms with E-state index in [2.05, 4.69) is 26.1 Å². The van der Waals surface area contributed by atoms with Gasteiger partial charge in [0.05, 0.1) is 0 Å².